The van der Waals surface area contributed by atoms with Gasteiger partial charge in [0.05, 0.1) is 10.0 Å². The number of hydrogen-bond donors (Lipinski definition) is 1. The molecule has 0 bridgehead atoms. The molecule has 0 unspecified atom stereocenters. The molecular formula is C20H20Cl3N. The third-order valence-corrected chi connectivity index (χ3v) is 4.97. The quantitative estimate of drug-likeness (QED) is 0.547. The van der Waals surface area contributed by atoms with Gasteiger partial charge in [-0.3, -0.25) is 0 Å². The van der Waals surface area contributed by atoms with Gasteiger partial charge in [0.2, 0.25) is 0 Å². The van der Waals surface area contributed by atoms with Crippen LogP contribution in [0.1, 0.15) is 23.5 Å². The molecule has 0 aromatic heterocycles. The molecule has 0 aliphatic rings. The second-order valence-electron chi connectivity index (χ2n) is 5.69. The molecule has 0 fully saturated rings. The van der Waals surface area contributed by atoms with Crippen LogP contribution in [0.4, 0.5) is 0 Å². The van der Waals surface area contributed by atoms with Crippen LogP contribution in [0.2, 0.25) is 10.0 Å². The summed E-state index contributed by atoms with van der Waals surface area (Å²) in [5, 5.41) is 7.02. The highest BCUT2D eigenvalue weighted by Crippen LogP contribution is 2.35. The summed E-state index contributed by atoms with van der Waals surface area (Å²) < 4.78 is 0. The van der Waals surface area contributed by atoms with Gasteiger partial charge in [0.15, 0.2) is 0 Å². The van der Waals surface area contributed by atoms with E-state index in [1.54, 1.807) is 0 Å². The third kappa shape index (κ3) is 4.04. The fourth-order valence-corrected chi connectivity index (χ4v) is 3.38. The van der Waals surface area contributed by atoms with Gasteiger partial charge in [0.25, 0.3) is 0 Å². The van der Waals surface area contributed by atoms with Gasteiger partial charge in [-0.1, -0.05) is 71.7 Å². The Bertz CT molecular complexity index is 812. The molecule has 0 amide bonds. The van der Waals surface area contributed by atoms with Gasteiger partial charge in [0.1, 0.15) is 0 Å². The van der Waals surface area contributed by atoms with Crippen LogP contribution < -0.4 is 5.32 Å². The summed E-state index contributed by atoms with van der Waals surface area (Å²) >= 11 is 12.3. The predicted molar refractivity (Wildman–Crippen MR) is 108 cm³/mol. The van der Waals surface area contributed by atoms with E-state index in [-0.39, 0.29) is 18.3 Å². The summed E-state index contributed by atoms with van der Waals surface area (Å²) in [4.78, 5) is 0. The van der Waals surface area contributed by atoms with E-state index in [1.165, 1.54) is 21.9 Å². The Morgan fingerprint density at radius 3 is 2.42 bits per heavy atom. The highest BCUT2D eigenvalue weighted by molar-refractivity contribution is 6.42. The van der Waals surface area contributed by atoms with E-state index in [1.807, 2.05) is 19.2 Å². The Labute approximate surface area is 159 Å². The van der Waals surface area contributed by atoms with E-state index in [9.17, 15) is 0 Å². The lowest BCUT2D eigenvalue weighted by molar-refractivity contribution is 0.664. The van der Waals surface area contributed by atoms with Gasteiger partial charge in [-0.2, -0.15) is 0 Å². The minimum absolute atomic E-state index is 0. The zero-order chi connectivity index (χ0) is 16.2. The van der Waals surface area contributed by atoms with Gasteiger partial charge in [-0.15, -0.1) is 12.4 Å². The van der Waals surface area contributed by atoms with Crippen LogP contribution in [-0.4, -0.2) is 13.6 Å². The summed E-state index contributed by atoms with van der Waals surface area (Å²) in [6.07, 6.45) is 1.00. The maximum absolute atomic E-state index is 6.25. The van der Waals surface area contributed by atoms with Gasteiger partial charge in [-0.05, 0) is 54.0 Å². The Morgan fingerprint density at radius 1 is 0.917 bits per heavy atom. The van der Waals surface area contributed by atoms with Crippen molar-refractivity contribution in [3.8, 4) is 0 Å². The normalized spacial score (nSPS) is 12.0. The molecule has 0 radical (unpaired) electrons. The van der Waals surface area contributed by atoms with Crippen LogP contribution in [0.15, 0.2) is 60.7 Å². The first-order chi connectivity index (χ1) is 11.2. The van der Waals surface area contributed by atoms with E-state index in [4.69, 9.17) is 23.2 Å². The zero-order valence-electron chi connectivity index (χ0n) is 13.4. The molecule has 1 N–H and O–H groups in total. The molecule has 3 aromatic rings. The lowest BCUT2D eigenvalue weighted by atomic mass is 9.85. The van der Waals surface area contributed by atoms with E-state index >= 15 is 0 Å². The second kappa shape index (κ2) is 8.73. The van der Waals surface area contributed by atoms with Crippen LogP contribution in [0.5, 0.6) is 0 Å². The molecule has 24 heavy (non-hydrogen) atoms. The standard InChI is InChI=1S/C20H19Cl2N.ClH/c1-23-12-11-17(15-9-10-19(21)20(22)13-15)18-8-4-6-14-5-2-3-7-16(14)18;/h2-10,13,17,23H,11-12H2,1H3;1H/t17-;/m0./s1. The summed E-state index contributed by atoms with van der Waals surface area (Å²) in [5.41, 5.74) is 2.53. The van der Waals surface area contributed by atoms with Gasteiger partial charge in [-0.25, -0.2) is 0 Å². The van der Waals surface area contributed by atoms with Crippen molar-refractivity contribution in [2.75, 3.05) is 13.6 Å². The van der Waals surface area contributed by atoms with Crippen LogP contribution in [0.3, 0.4) is 0 Å². The average molecular weight is 381 g/mol. The molecule has 0 saturated carbocycles. The highest BCUT2D eigenvalue weighted by atomic mass is 35.5. The lowest BCUT2D eigenvalue weighted by Crippen LogP contribution is -2.13. The highest BCUT2D eigenvalue weighted by Gasteiger charge is 2.17. The maximum Gasteiger partial charge on any atom is 0.0595 e. The van der Waals surface area contributed by atoms with Crippen molar-refractivity contribution in [1.29, 1.82) is 0 Å². The largest absolute Gasteiger partial charge is 0.320 e. The van der Waals surface area contributed by atoms with Crippen LogP contribution in [-0.2, 0) is 0 Å². The van der Waals surface area contributed by atoms with Gasteiger partial charge >= 0.3 is 0 Å². The Morgan fingerprint density at radius 2 is 1.67 bits per heavy atom. The average Bonchev–Trinajstić information content (AvgIpc) is 2.58. The van der Waals surface area contributed by atoms with Crippen molar-refractivity contribution >= 4 is 46.4 Å². The number of nitrogens with one attached hydrogen (secondary N) is 1. The molecule has 0 aliphatic heterocycles. The number of benzene rings is 3. The number of rotatable bonds is 5. The van der Waals surface area contributed by atoms with Crippen LogP contribution >= 0.6 is 35.6 Å². The fourth-order valence-electron chi connectivity index (χ4n) is 3.07. The zero-order valence-corrected chi connectivity index (χ0v) is 15.8. The summed E-state index contributed by atoms with van der Waals surface area (Å²) in [5.74, 6) is 0.281. The second-order valence-corrected chi connectivity index (χ2v) is 6.50. The monoisotopic (exact) mass is 379 g/mol. The molecule has 0 heterocycles. The first-order valence-corrected chi connectivity index (χ1v) is 8.53. The van der Waals surface area contributed by atoms with Crippen molar-refractivity contribution in [3.05, 3.63) is 81.8 Å². The SMILES string of the molecule is CNCC[C@@H](c1ccc(Cl)c(Cl)c1)c1cccc2ccccc12.Cl. The Hall–Kier alpha value is -1.25. The molecule has 126 valence electrons. The van der Waals surface area contributed by atoms with E-state index in [0.29, 0.717) is 10.0 Å². The fraction of sp³-hybridized carbons (Fsp3) is 0.200. The van der Waals surface area contributed by atoms with E-state index < -0.39 is 0 Å². The Kier molecular flexibility index (Phi) is 6.94. The van der Waals surface area contributed by atoms with Crippen LogP contribution in [0, 0.1) is 0 Å². The first-order valence-electron chi connectivity index (χ1n) is 7.78. The summed E-state index contributed by atoms with van der Waals surface area (Å²) in [6, 6.07) is 21.0. The van der Waals surface area contributed by atoms with Crippen molar-refractivity contribution in [2.45, 2.75) is 12.3 Å². The molecule has 3 aromatic carbocycles. The predicted octanol–water partition coefficient (Wildman–Crippen LogP) is 6.31. The molecule has 0 spiro atoms. The maximum atomic E-state index is 6.25. The van der Waals surface area contributed by atoms with Crippen molar-refractivity contribution < 1.29 is 0 Å². The Balaban J connectivity index is 0.00000208. The first kappa shape index (κ1) is 19.1. The van der Waals surface area contributed by atoms with E-state index in [2.05, 4.69) is 53.8 Å². The topological polar surface area (TPSA) is 12.0 Å². The lowest BCUT2D eigenvalue weighted by Gasteiger charge is -2.20. The van der Waals surface area contributed by atoms with Gasteiger partial charge < -0.3 is 5.32 Å². The molecule has 4 heteroatoms. The van der Waals surface area contributed by atoms with Gasteiger partial charge in [0, 0.05) is 5.92 Å². The molecule has 0 saturated heterocycles. The molecule has 0 aliphatic carbocycles. The summed E-state index contributed by atoms with van der Waals surface area (Å²) in [7, 11) is 1.98. The molecular weight excluding hydrogens is 361 g/mol. The number of halogens is 3. The van der Waals surface area contributed by atoms with Crippen molar-refractivity contribution in [1.82, 2.24) is 5.32 Å². The minimum Gasteiger partial charge on any atom is -0.320 e. The smallest absolute Gasteiger partial charge is 0.0595 e. The number of fused-ring (bicyclic) bond motifs is 1. The van der Waals surface area contributed by atoms with E-state index in [0.717, 1.165) is 13.0 Å². The summed E-state index contributed by atoms with van der Waals surface area (Å²) in [6.45, 7) is 0.939. The molecule has 3 rings (SSSR count). The van der Waals surface area contributed by atoms with Crippen LogP contribution in [0.25, 0.3) is 10.8 Å². The molecule has 1 atom stereocenters. The van der Waals surface area contributed by atoms with Crippen molar-refractivity contribution in [2.24, 2.45) is 0 Å². The minimum atomic E-state index is 0. The number of hydrogen-bond acceptors (Lipinski definition) is 1. The molecule has 1 nitrogen and oxygen atoms in total. The third-order valence-electron chi connectivity index (χ3n) is 4.23. The van der Waals surface area contributed by atoms with Crippen molar-refractivity contribution in [3.63, 3.8) is 0 Å².